The van der Waals surface area contributed by atoms with E-state index in [0.29, 0.717) is 11.6 Å². The molecule has 0 atom stereocenters. The number of aliphatic carboxylic acids is 1. The summed E-state index contributed by atoms with van der Waals surface area (Å²) in [6, 6.07) is 8.66. The summed E-state index contributed by atoms with van der Waals surface area (Å²) < 4.78 is 47.5. The Bertz CT molecular complexity index is 896. The highest BCUT2D eigenvalue weighted by Gasteiger charge is 2.28. The molecule has 0 saturated heterocycles. The number of nitrogens with zero attached hydrogens (tertiary/aromatic N) is 1. The molecule has 8 heteroatoms. The van der Waals surface area contributed by atoms with Gasteiger partial charge in [0, 0.05) is 20.3 Å². The predicted octanol–water partition coefficient (Wildman–Crippen LogP) is 3.40. The molecule has 0 aromatic heterocycles. The molecule has 0 aliphatic carbocycles. The van der Waals surface area contributed by atoms with Gasteiger partial charge in [-0.3, -0.25) is 4.79 Å². The van der Waals surface area contributed by atoms with E-state index in [2.05, 4.69) is 0 Å². The molecule has 0 radical (unpaired) electrons. The fourth-order valence-corrected chi connectivity index (χ4v) is 2.22. The van der Waals surface area contributed by atoms with Gasteiger partial charge in [0.2, 0.25) is 11.6 Å². The first-order valence-corrected chi connectivity index (χ1v) is 7.72. The summed E-state index contributed by atoms with van der Waals surface area (Å²) in [5, 5.41) is 9.15. The average molecular weight is 379 g/mol. The molecule has 0 heterocycles. The number of carbonyl (C=O) groups is 2. The van der Waals surface area contributed by atoms with Crippen LogP contribution in [0.5, 0.6) is 5.75 Å². The molecule has 0 aliphatic heterocycles. The van der Waals surface area contributed by atoms with Gasteiger partial charge in [0.25, 0.3) is 0 Å². The SMILES string of the molecule is CN(C)C=C(C(=O)O)C(=O)c1cc(F)c(F)c(OCc2ccccc2)c1F. The zero-order valence-corrected chi connectivity index (χ0v) is 14.5. The third-order valence-electron chi connectivity index (χ3n) is 3.45. The highest BCUT2D eigenvalue weighted by Crippen LogP contribution is 2.29. The molecule has 27 heavy (non-hydrogen) atoms. The van der Waals surface area contributed by atoms with Crippen molar-refractivity contribution in [2.75, 3.05) is 14.1 Å². The first kappa shape index (κ1) is 20.0. The van der Waals surface area contributed by atoms with Crippen molar-refractivity contribution in [2.24, 2.45) is 0 Å². The third kappa shape index (κ3) is 4.66. The smallest absolute Gasteiger partial charge is 0.341 e. The van der Waals surface area contributed by atoms with Crippen LogP contribution in [0.4, 0.5) is 13.2 Å². The Morgan fingerprint density at radius 2 is 1.74 bits per heavy atom. The van der Waals surface area contributed by atoms with Gasteiger partial charge < -0.3 is 14.7 Å². The molecular weight excluding hydrogens is 363 g/mol. The minimum absolute atomic E-state index is 0.273. The van der Waals surface area contributed by atoms with Gasteiger partial charge in [-0.1, -0.05) is 30.3 Å². The number of rotatable bonds is 7. The van der Waals surface area contributed by atoms with Crippen LogP contribution in [-0.4, -0.2) is 35.9 Å². The van der Waals surface area contributed by atoms with E-state index in [1.54, 1.807) is 30.3 Å². The van der Waals surface area contributed by atoms with E-state index in [-0.39, 0.29) is 6.61 Å². The molecule has 0 aliphatic rings. The molecule has 1 N–H and O–H groups in total. The number of carboxylic acid groups (broad SMARTS) is 1. The van der Waals surface area contributed by atoms with Crippen molar-refractivity contribution in [3.8, 4) is 5.75 Å². The van der Waals surface area contributed by atoms with Crippen molar-refractivity contribution < 1.29 is 32.6 Å². The van der Waals surface area contributed by atoms with E-state index in [1.165, 1.54) is 19.0 Å². The molecule has 2 aromatic rings. The van der Waals surface area contributed by atoms with Crippen LogP contribution < -0.4 is 4.74 Å². The summed E-state index contributed by atoms with van der Waals surface area (Å²) in [4.78, 5) is 24.9. The largest absolute Gasteiger partial charge is 0.483 e. The third-order valence-corrected chi connectivity index (χ3v) is 3.45. The first-order valence-electron chi connectivity index (χ1n) is 7.72. The van der Waals surface area contributed by atoms with Gasteiger partial charge in [-0.25, -0.2) is 13.6 Å². The molecule has 142 valence electrons. The molecule has 0 amide bonds. The Hall–Kier alpha value is -3.29. The number of Topliss-reactive ketones (excluding diaryl/α,β-unsaturated/α-hetero) is 1. The van der Waals surface area contributed by atoms with E-state index in [0.717, 1.165) is 6.20 Å². The van der Waals surface area contributed by atoms with Crippen LogP contribution in [0.3, 0.4) is 0 Å². The van der Waals surface area contributed by atoms with E-state index in [9.17, 15) is 22.8 Å². The van der Waals surface area contributed by atoms with E-state index in [1.807, 2.05) is 0 Å². The van der Waals surface area contributed by atoms with Gasteiger partial charge >= 0.3 is 5.97 Å². The zero-order chi connectivity index (χ0) is 20.1. The number of carbonyl (C=O) groups excluding carboxylic acids is 1. The molecule has 0 unspecified atom stereocenters. The van der Waals surface area contributed by atoms with E-state index < -0.39 is 46.1 Å². The van der Waals surface area contributed by atoms with Crippen molar-refractivity contribution in [2.45, 2.75) is 6.61 Å². The highest BCUT2D eigenvalue weighted by molar-refractivity contribution is 6.23. The van der Waals surface area contributed by atoms with Gasteiger partial charge in [-0.05, 0) is 11.6 Å². The Labute approximate surface area is 153 Å². The molecule has 5 nitrogen and oxygen atoms in total. The van der Waals surface area contributed by atoms with Crippen LogP contribution in [0, 0.1) is 17.5 Å². The minimum atomic E-state index is -1.63. The number of hydrogen-bond donors (Lipinski definition) is 1. The molecule has 2 rings (SSSR count). The quantitative estimate of drug-likeness (QED) is 0.263. The van der Waals surface area contributed by atoms with E-state index >= 15 is 0 Å². The van der Waals surface area contributed by atoms with Crippen molar-refractivity contribution >= 4 is 11.8 Å². The Morgan fingerprint density at radius 3 is 2.30 bits per heavy atom. The lowest BCUT2D eigenvalue weighted by atomic mass is 10.0. The zero-order valence-electron chi connectivity index (χ0n) is 14.5. The van der Waals surface area contributed by atoms with Crippen LogP contribution in [0.15, 0.2) is 48.2 Å². The summed E-state index contributed by atoms with van der Waals surface area (Å²) in [5.74, 6) is -8.63. The number of ether oxygens (including phenoxy) is 1. The fourth-order valence-electron chi connectivity index (χ4n) is 2.22. The topological polar surface area (TPSA) is 66.8 Å². The lowest BCUT2D eigenvalue weighted by Gasteiger charge is -2.13. The minimum Gasteiger partial charge on any atom is -0.483 e. The van der Waals surface area contributed by atoms with Gasteiger partial charge in [-0.15, -0.1) is 0 Å². The number of hydrogen-bond acceptors (Lipinski definition) is 4. The Kier molecular flexibility index (Phi) is 6.23. The maximum absolute atomic E-state index is 14.6. The van der Waals surface area contributed by atoms with Gasteiger partial charge in [0.15, 0.2) is 17.4 Å². The highest BCUT2D eigenvalue weighted by atomic mass is 19.2. The van der Waals surface area contributed by atoms with E-state index in [4.69, 9.17) is 9.84 Å². The van der Waals surface area contributed by atoms with Gasteiger partial charge in [0.05, 0.1) is 5.56 Å². The number of halogens is 3. The molecular formula is C19H16F3NO4. The van der Waals surface area contributed by atoms with Crippen LogP contribution in [-0.2, 0) is 11.4 Å². The van der Waals surface area contributed by atoms with Gasteiger partial charge in [0.1, 0.15) is 12.2 Å². The lowest BCUT2D eigenvalue weighted by Crippen LogP contribution is -2.19. The second-order valence-electron chi connectivity index (χ2n) is 5.78. The summed E-state index contributed by atoms with van der Waals surface area (Å²) in [7, 11) is 2.90. The number of ketones is 1. The molecule has 0 bridgehead atoms. The molecule has 0 fully saturated rings. The van der Waals surface area contributed by atoms with Gasteiger partial charge in [-0.2, -0.15) is 4.39 Å². The molecule has 0 saturated carbocycles. The monoisotopic (exact) mass is 379 g/mol. The Morgan fingerprint density at radius 1 is 1.11 bits per heavy atom. The molecule has 2 aromatic carbocycles. The number of carboxylic acids is 1. The van der Waals surface area contributed by atoms with Crippen LogP contribution in [0.2, 0.25) is 0 Å². The summed E-state index contributed by atoms with van der Waals surface area (Å²) in [5.41, 5.74) is -1.18. The second kappa shape index (κ2) is 8.39. The Balaban J connectivity index is 2.45. The standard InChI is InChI=1S/C19H16F3NO4/c1-23(2)9-13(19(25)26)17(24)12-8-14(20)16(22)18(15(12)21)27-10-11-6-4-3-5-7-11/h3-9H,10H2,1-2H3,(H,25,26). The molecule has 0 spiro atoms. The van der Waals surface area contributed by atoms with Crippen molar-refractivity contribution in [3.05, 3.63) is 76.7 Å². The van der Waals surface area contributed by atoms with Crippen molar-refractivity contribution in [1.29, 1.82) is 0 Å². The predicted molar refractivity (Wildman–Crippen MR) is 90.8 cm³/mol. The van der Waals surface area contributed by atoms with Crippen molar-refractivity contribution in [1.82, 2.24) is 4.90 Å². The van der Waals surface area contributed by atoms with Crippen molar-refractivity contribution in [3.63, 3.8) is 0 Å². The lowest BCUT2D eigenvalue weighted by molar-refractivity contribution is -0.132. The fraction of sp³-hybridized carbons (Fsp3) is 0.158. The second-order valence-corrected chi connectivity index (χ2v) is 5.78. The van der Waals surface area contributed by atoms with Crippen LogP contribution in [0.25, 0.3) is 0 Å². The summed E-state index contributed by atoms with van der Waals surface area (Å²) in [6.07, 6.45) is 0.940. The number of benzene rings is 2. The average Bonchev–Trinajstić information content (AvgIpc) is 2.62. The maximum atomic E-state index is 14.6. The first-order chi connectivity index (χ1) is 12.7. The van der Waals surface area contributed by atoms with Crippen LogP contribution >= 0.6 is 0 Å². The van der Waals surface area contributed by atoms with Crippen LogP contribution in [0.1, 0.15) is 15.9 Å². The maximum Gasteiger partial charge on any atom is 0.341 e. The summed E-state index contributed by atoms with van der Waals surface area (Å²) in [6.45, 7) is -0.273. The summed E-state index contributed by atoms with van der Waals surface area (Å²) >= 11 is 0. The normalized spacial score (nSPS) is 11.2.